The third-order valence-corrected chi connectivity index (χ3v) is 5.18. The van der Waals surface area contributed by atoms with Gasteiger partial charge >= 0.3 is 0 Å². The second-order valence-electron chi connectivity index (χ2n) is 7.36. The Morgan fingerprint density at radius 2 is 1.70 bits per heavy atom. The van der Waals surface area contributed by atoms with Gasteiger partial charge in [-0.2, -0.15) is 9.78 Å². The minimum Gasteiger partial charge on any atom is -0.454 e. The van der Waals surface area contributed by atoms with Crippen LogP contribution in [0.4, 0.5) is 10.1 Å². The number of benzene rings is 3. The van der Waals surface area contributed by atoms with Crippen LogP contribution in [0.5, 0.6) is 11.5 Å². The van der Waals surface area contributed by atoms with Crippen LogP contribution in [0.3, 0.4) is 0 Å². The van der Waals surface area contributed by atoms with Crippen LogP contribution in [0.1, 0.15) is 16.1 Å². The van der Waals surface area contributed by atoms with E-state index < -0.39 is 17.3 Å². The fraction of sp³-hybridized carbons (Fsp3) is 0.0800. The monoisotopic (exact) mass is 443 g/mol. The van der Waals surface area contributed by atoms with Crippen molar-refractivity contribution in [1.82, 2.24) is 9.78 Å². The first-order chi connectivity index (χ1) is 16.1. The van der Waals surface area contributed by atoms with Crippen molar-refractivity contribution >= 4 is 11.6 Å². The molecule has 0 saturated carbocycles. The van der Waals surface area contributed by atoms with Crippen LogP contribution in [0.25, 0.3) is 5.69 Å². The van der Waals surface area contributed by atoms with Crippen molar-refractivity contribution < 1.29 is 18.7 Å². The average Bonchev–Trinajstić information content (AvgIpc) is 3.32. The predicted octanol–water partition coefficient (Wildman–Crippen LogP) is 3.95. The van der Waals surface area contributed by atoms with Crippen molar-refractivity contribution in [3.63, 3.8) is 0 Å². The van der Waals surface area contributed by atoms with Gasteiger partial charge in [0, 0.05) is 11.8 Å². The van der Waals surface area contributed by atoms with Crippen LogP contribution in [-0.2, 0) is 6.54 Å². The molecule has 4 aromatic rings. The summed E-state index contributed by atoms with van der Waals surface area (Å²) >= 11 is 0. The summed E-state index contributed by atoms with van der Waals surface area (Å²) in [5, 5.41) is 4.26. The van der Waals surface area contributed by atoms with Gasteiger partial charge in [0.05, 0.1) is 12.2 Å². The highest BCUT2D eigenvalue weighted by molar-refractivity contribution is 6.04. The van der Waals surface area contributed by atoms with Crippen molar-refractivity contribution in [3.05, 3.63) is 112 Å². The van der Waals surface area contributed by atoms with E-state index in [9.17, 15) is 14.0 Å². The van der Waals surface area contributed by atoms with E-state index in [-0.39, 0.29) is 19.0 Å². The summed E-state index contributed by atoms with van der Waals surface area (Å²) in [5.41, 5.74) is 1.51. The van der Waals surface area contributed by atoms with Crippen LogP contribution < -0.4 is 19.9 Å². The number of rotatable bonds is 5. The van der Waals surface area contributed by atoms with Crippen molar-refractivity contribution in [1.29, 1.82) is 0 Å². The van der Waals surface area contributed by atoms with Crippen LogP contribution >= 0.6 is 0 Å². The maximum atomic E-state index is 13.6. The summed E-state index contributed by atoms with van der Waals surface area (Å²) < 4.78 is 25.2. The molecule has 3 aromatic carbocycles. The van der Waals surface area contributed by atoms with Crippen molar-refractivity contribution in [2.24, 2.45) is 0 Å². The molecule has 164 valence electrons. The molecule has 0 saturated heterocycles. The highest BCUT2D eigenvalue weighted by atomic mass is 19.1. The molecule has 0 unspecified atom stereocenters. The molecule has 1 aromatic heterocycles. The first-order valence-corrected chi connectivity index (χ1v) is 10.2. The quantitative estimate of drug-likeness (QED) is 0.467. The second-order valence-corrected chi connectivity index (χ2v) is 7.36. The molecule has 0 aliphatic carbocycles. The Morgan fingerprint density at radius 1 is 0.939 bits per heavy atom. The van der Waals surface area contributed by atoms with Crippen LogP contribution in [0, 0.1) is 5.82 Å². The van der Waals surface area contributed by atoms with Gasteiger partial charge in [-0.1, -0.05) is 24.3 Å². The van der Waals surface area contributed by atoms with E-state index in [1.165, 1.54) is 36.4 Å². The molecule has 2 heterocycles. The molecular formula is C25H18FN3O4. The number of carbonyl (C=O) groups is 1. The zero-order valence-corrected chi connectivity index (χ0v) is 17.3. The highest BCUT2D eigenvalue weighted by Crippen LogP contribution is 2.33. The Kier molecular flexibility index (Phi) is 5.32. The fourth-order valence-corrected chi connectivity index (χ4v) is 3.54. The van der Waals surface area contributed by atoms with E-state index in [0.29, 0.717) is 22.9 Å². The summed E-state index contributed by atoms with van der Waals surface area (Å²) in [7, 11) is 0. The molecule has 7 nitrogen and oxygen atoms in total. The number of aromatic nitrogens is 2. The molecule has 0 spiro atoms. The number of hydrogen-bond donors (Lipinski definition) is 0. The Labute approximate surface area is 188 Å². The van der Waals surface area contributed by atoms with E-state index in [2.05, 4.69) is 5.10 Å². The van der Waals surface area contributed by atoms with Crippen LogP contribution in [-0.4, -0.2) is 22.5 Å². The molecular weight excluding hydrogens is 425 g/mol. The van der Waals surface area contributed by atoms with Crippen molar-refractivity contribution in [3.8, 4) is 17.2 Å². The zero-order valence-electron chi connectivity index (χ0n) is 17.3. The Morgan fingerprint density at radius 3 is 2.48 bits per heavy atom. The Hall–Kier alpha value is -4.46. The molecule has 0 N–H and O–H groups in total. The second kappa shape index (κ2) is 8.58. The smallest absolute Gasteiger partial charge is 0.279 e. The van der Waals surface area contributed by atoms with Gasteiger partial charge in [-0.15, -0.1) is 0 Å². The zero-order chi connectivity index (χ0) is 22.8. The van der Waals surface area contributed by atoms with Gasteiger partial charge in [-0.25, -0.2) is 4.39 Å². The minimum atomic E-state index is -0.432. The molecule has 8 heteroatoms. The molecule has 33 heavy (non-hydrogen) atoms. The molecule has 1 aliphatic rings. The number of carbonyl (C=O) groups excluding carboxylic acids is 1. The number of para-hydroxylation sites is 1. The molecule has 1 amide bonds. The SMILES string of the molecule is O=C(c1ccc(=O)n(-c2ccc(F)cc2)n1)N(Cc1ccc2c(c1)OCO2)c1ccccc1. The maximum absolute atomic E-state index is 13.6. The van der Waals surface area contributed by atoms with Gasteiger partial charge in [-0.3, -0.25) is 9.59 Å². The third kappa shape index (κ3) is 4.18. The minimum absolute atomic E-state index is 0.0727. The first-order valence-electron chi connectivity index (χ1n) is 10.2. The van der Waals surface area contributed by atoms with Gasteiger partial charge in [0.15, 0.2) is 11.5 Å². The molecule has 1 aliphatic heterocycles. The highest BCUT2D eigenvalue weighted by Gasteiger charge is 2.22. The summed E-state index contributed by atoms with van der Waals surface area (Å²) in [6.07, 6.45) is 0. The lowest BCUT2D eigenvalue weighted by molar-refractivity contribution is 0.0978. The van der Waals surface area contributed by atoms with Crippen LogP contribution in [0.15, 0.2) is 89.7 Å². The predicted molar refractivity (Wildman–Crippen MR) is 119 cm³/mol. The Bertz CT molecular complexity index is 1370. The summed E-state index contributed by atoms with van der Waals surface area (Å²) in [6, 6.07) is 22.7. The summed E-state index contributed by atoms with van der Waals surface area (Å²) in [5.74, 6) is 0.452. The molecule has 0 radical (unpaired) electrons. The lowest BCUT2D eigenvalue weighted by atomic mass is 10.1. The van der Waals surface area contributed by atoms with Gasteiger partial charge < -0.3 is 14.4 Å². The molecule has 0 fully saturated rings. The number of halogens is 1. The normalized spacial score (nSPS) is 11.9. The number of ether oxygens (including phenoxy) is 2. The van der Waals surface area contributed by atoms with E-state index in [4.69, 9.17) is 9.47 Å². The Balaban J connectivity index is 1.52. The van der Waals surface area contributed by atoms with Crippen molar-refractivity contribution in [2.75, 3.05) is 11.7 Å². The fourth-order valence-electron chi connectivity index (χ4n) is 3.54. The molecule has 0 atom stereocenters. The van der Waals surface area contributed by atoms with E-state index in [1.54, 1.807) is 11.0 Å². The van der Waals surface area contributed by atoms with E-state index >= 15 is 0 Å². The third-order valence-electron chi connectivity index (χ3n) is 5.18. The number of hydrogen-bond acceptors (Lipinski definition) is 5. The van der Waals surface area contributed by atoms with Gasteiger partial charge in [0.25, 0.3) is 11.5 Å². The van der Waals surface area contributed by atoms with Gasteiger partial charge in [0.1, 0.15) is 11.5 Å². The summed E-state index contributed by atoms with van der Waals surface area (Å²) in [6.45, 7) is 0.409. The largest absolute Gasteiger partial charge is 0.454 e. The average molecular weight is 443 g/mol. The van der Waals surface area contributed by atoms with Gasteiger partial charge in [-0.05, 0) is 60.2 Å². The number of nitrogens with zero attached hydrogens (tertiary/aromatic N) is 3. The van der Waals surface area contributed by atoms with E-state index in [1.807, 2.05) is 42.5 Å². The topological polar surface area (TPSA) is 73.7 Å². The van der Waals surface area contributed by atoms with E-state index in [0.717, 1.165) is 10.2 Å². The molecule has 5 rings (SSSR count). The molecule has 0 bridgehead atoms. The standard InChI is InChI=1S/C25H18FN3O4/c26-18-7-9-20(10-8-18)29-24(30)13-11-21(27-29)25(31)28(19-4-2-1-3-5-19)15-17-6-12-22-23(14-17)33-16-32-22/h1-14H,15-16H2. The van der Waals surface area contributed by atoms with Gasteiger partial charge in [0.2, 0.25) is 6.79 Å². The lowest BCUT2D eigenvalue weighted by Crippen LogP contribution is -2.33. The lowest BCUT2D eigenvalue weighted by Gasteiger charge is -2.23. The number of fused-ring (bicyclic) bond motifs is 1. The summed E-state index contributed by atoms with van der Waals surface area (Å²) in [4.78, 5) is 27.5. The first kappa shape index (κ1) is 20.4. The number of anilines is 1. The number of amides is 1. The van der Waals surface area contributed by atoms with Crippen molar-refractivity contribution in [2.45, 2.75) is 6.54 Å². The maximum Gasteiger partial charge on any atom is 0.279 e. The van der Waals surface area contributed by atoms with Crippen LogP contribution in [0.2, 0.25) is 0 Å².